The third-order valence-corrected chi connectivity index (χ3v) is 1.25. The van der Waals surface area contributed by atoms with Gasteiger partial charge in [-0.25, -0.2) is 9.97 Å². The Balaban J connectivity index is 3.17. The van der Waals surface area contributed by atoms with Crippen molar-refractivity contribution in [2.75, 3.05) is 0 Å². The molecule has 6 heteroatoms. The monoisotopic (exact) mass is 251 g/mol. The lowest BCUT2D eigenvalue weighted by molar-refractivity contribution is 1.04. The number of hydrogen-bond donors (Lipinski definition) is 0. The summed E-state index contributed by atoms with van der Waals surface area (Å²) >= 11 is 7.31. The van der Waals surface area contributed by atoms with Gasteiger partial charge in [0, 0.05) is 22.6 Å². The van der Waals surface area contributed by atoms with Gasteiger partial charge in [-0.05, 0) is 11.6 Å². The molecule has 0 aliphatic carbocycles. The zero-order chi connectivity index (χ0) is 6.85. The van der Waals surface area contributed by atoms with Crippen LogP contribution in [0.4, 0.5) is 0 Å². The molecule has 1 heterocycles. The molecule has 9 heavy (non-hydrogen) atoms. The van der Waals surface area contributed by atoms with Gasteiger partial charge in [-0.15, -0.1) is 0 Å². The van der Waals surface area contributed by atoms with Crippen LogP contribution in [0.1, 0.15) is 0 Å². The highest BCUT2D eigenvalue weighted by atomic mass is 127. The second-order valence-electron chi connectivity index (χ2n) is 1.23. The van der Waals surface area contributed by atoms with Crippen LogP contribution in [-0.4, -0.2) is 22.8 Å². The van der Waals surface area contributed by atoms with E-state index in [0.717, 1.165) is 0 Å². The fraction of sp³-hybridized carbons (Fsp3) is 0. The quantitative estimate of drug-likeness (QED) is 0.478. The summed E-state index contributed by atoms with van der Waals surface area (Å²) in [6, 6.07) is 0. The third-order valence-electron chi connectivity index (χ3n) is 0.598. The van der Waals surface area contributed by atoms with Crippen LogP contribution in [0.25, 0.3) is 0 Å². The maximum Gasteiger partial charge on any atom is 0.225 e. The van der Waals surface area contributed by atoms with Gasteiger partial charge in [0.25, 0.3) is 0 Å². The van der Waals surface area contributed by atoms with Crippen molar-refractivity contribution < 1.29 is 0 Å². The topological polar surface area (TPSA) is 38.7 Å². The van der Waals surface area contributed by atoms with Gasteiger partial charge in [0.05, 0.1) is 5.72 Å². The minimum atomic E-state index is 0.131. The first-order chi connectivity index (χ1) is 4.18. The molecular weight excluding hydrogens is 251 g/mol. The standard InChI is InChI=1S/C3BClIN3/c4-1-7-2(5)9-3(6)8-1. The van der Waals surface area contributed by atoms with E-state index in [0.29, 0.717) is 3.83 Å². The first-order valence-corrected chi connectivity index (χ1v) is 3.46. The Morgan fingerprint density at radius 1 is 1.33 bits per heavy atom. The third kappa shape index (κ3) is 2.06. The molecule has 2 radical (unpaired) electrons. The van der Waals surface area contributed by atoms with Crippen molar-refractivity contribution in [2.45, 2.75) is 0 Å². The van der Waals surface area contributed by atoms with Gasteiger partial charge >= 0.3 is 0 Å². The summed E-state index contributed by atoms with van der Waals surface area (Å²) in [5, 5.41) is 0.131. The Bertz CT molecular complexity index is 180. The minimum Gasteiger partial charge on any atom is -0.220 e. The molecule has 0 fully saturated rings. The second-order valence-corrected chi connectivity index (χ2v) is 2.53. The van der Waals surface area contributed by atoms with Crippen molar-refractivity contribution in [2.24, 2.45) is 0 Å². The lowest BCUT2D eigenvalue weighted by Gasteiger charge is -1.91. The summed E-state index contributed by atoms with van der Waals surface area (Å²) in [6.45, 7) is 0. The molecule has 0 unspecified atom stereocenters. The van der Waals surface area contributed by atoms with Gasteiger partial charge in [0.15, 0.2) is 11.7 Å². The number of rotatable bonds is 0. The SMILES string of the molecule is [B]c1nc(Cl)nc(I)n1. The summed E-state index contributed by atoms with van der Waals surface area (Å²) in [4.78, 5) is 10.9. The van der Waals surface area contributed by atoms with Gasteiger partial charge in [-0.2, -0.15) is 4.98 Å². The van der Waals surface area contributed by atoms with Crippen LogP contribution in [0.3, 0.4) is 0 Å². The number of halogens is 2. The summed E-state index contributed by atoms with van der Waals surface area (Å²) < 4.78 is 0.505. The fourth-order valence-electron chi connectivity index (χ4n) is 0.340. The van der Waals surface area contributed by atoms with E-state index in [1.165, 1.54) is 0 Å². The molecule has 0 aliphatic rings. The van der Waals surface area contributed by atoms with Gasteiger partial charge in [-0.1, -0.05) is 0 Å². The number of hydrogen-bond acceptors (Lipinski definition) is 3. The maximum absolute atomic E-state index is 5.40. The Kier molecular flexibility index (Phi) is 2.23. The Morgan fingerprint density at radius 3 is 2.44 bits per heavy atom. The molecule has 0 bridgehead atoms. The van der Waals surface area contributed by atoms with Crippen molar-refractivity contribution >= 4 is 47.8 Å². The number of nitrogens with zero attached hydrogens (tertiary/aromatic N) is 3. The largest absolute Gasteiger partial charge is 0.225 e. The average Bonchev–Trinajstić information content (AvgIpc) is 1.59. The van der Waals surface area contributed by atoms with Crippen LogP contribution in [0, 0.1) is 3.83 Å². The predicted molar refractivity (Wildman–Crippen MR) is 42.9 cm³/mol. The van der Waals surface area contributed by atoms with Crippen molar-refractivity contribution in [1.82, 2.24) is 15.0 Å². The highest BCUT2D eigenvalue weighted by Crippen LogP contribution is 1.97. The molecule has 1 rings (SSSR count). The van der Waals surface area contributed by atoms with E-state index in [1.807, 2.05) is 22.6 Å². The smallest absolute Gasteiger partial charge is 0.220 e. The first-order valence-electron chi connectivity index (χ1n) is 2.01. The zero-order valence-electron chi connectivity index (χ0n) is 4.17. The van der Waals surface area contributed by atoms with E-state index in [1.54, 1.807) is 0 Å². The molecule has 0 aliphatic heterocycles. The molecule has 0 saturated heterocycles. The molecule has 0 spiro atoms. The maximum atomic E-state index is 5.40. The predicted octanol–water partition coefficient (Wildman–Crippen LogP) is -0.0766. The molecule has 3 nitrogen and oxygen atoms in total. The summed E-state index contributed by atoms with van der Waals surface area (Å²) in [5.74, 6) is 0. The van der Waals surface area contributed by atoms with Gasteiger partial charge < -0.3 is 0 Å². The van der Waals surface area contributed by atoms with Crippen LogP contribution in [0.15, 0.2) is 0 Å². The highest BCUT2D eigenvalue weighted by Gasteiger charge is 1.94. The summed E-state index contributed by atoms with van der Waals surface area (Å²) in [6.07, 6.45) is 0. The van der Waals surface area contributed by atoms with Crippen LogP contribution < -0.4 is 5.72 Å². The molecule has 44 valence electrons. The van der Waals surface area contributed by atoms with Crippen LogP contribution in [-0.2, 0) is 0 Å². The van der Waals surface area contributed by atoms with Crippen molar-refractivity contribution in [3.05, 3.63) is 9.11 Å². The molecular formula is C3BClIN3. The molecule has 1 aromatic heterocycles. The molecule has 0 aromatic carbocycles. The van der Waals surface area contributed by atoms with E-state index in [9.17, 15) is 0 Å². The van der Waals surface area contributed by atoms with E-state index < -0.39 is 0 Å². The van der Waals surface area contributed by atoms with E-state index in [4.69, 9.17) is 19.4 Å². The van der Waals surface area contributed by atoms with Crippen molar-refractivity contribution in [1.29, 1.82) is 0 Å². The minimum absolute atomic E-state index is 0.131. The van der Waals surface area contributed by atoms with Crippen LogP contribution >= 0.6 is 34.2 Å². The lowest BCUT2D eigenvalue weighted by Crippen LogP contribution is -2.15. The second kappa shape index (κ2) is 2.79. The van der Waals surface area contributed by atoms with Crippen molar-refractivity contribution in [3.8, 4) is 0 Å². The summed E-state index contributed by atoms with van der Waals surface area (Å²) in [7, 11) is 5.21. The van der Waals surface area contributed by atoms with Crippen LogP contribution in [0.2, 0.25) is 5.28 Å². The Morgan fingerprint density at radius 2 is 2.00 bits per heavy atom. The number of aromatic nitrogens is 3. The first kappa shape index (κ1) is 7.20. The zero-order valence-corrected chi connectivity index (χ0v) is 7.09. The lowest BCUT2D eigenvalue weighted by atomic mass is 10.1. The molecule has 0 N–H and O–H groups in total. The normalized spacial score (nSPS) is 9.56. The average molecular weight is 251 g/mol. The van der Waals surface area contributed by atoms with Crippen molar-refractivity contribution in [3.63, 3.8) is 0 Å². The van der Waals surface area contributed by atoms with Gasteiger partial charge in [0.1, 0.15) is 0 Å². The van der Waals surface area contributed by atoms with E-state index in [2.05, 4.69) is 15.0 Å². The molecule has 0 saturated carbocycles. The summed E-state index contributed by atoms with van der Waals surface area (Å²) in [5.41, 5.74) is 0.152. The van der Waals surface area contributed by atoms with Gasteiger partial charge in [-0.3, -0.25) is 0 Å². The molecule has 1 aromatic rings. The Labute approximate surface area is 71.8 Å². The molecule has 0 atom stereocenters. The van der Waals surface area contributed by atoms with Crippen LogP contribution in [0.5, 0.6) is 0 Å². The Hall–Kier alpha value is 0.0949. The molecule has 0 amide bonds. The van der Waals surface area contributed by atoms with Gasteiger partial charge in [0.2, 0.25) is 5.28 Å². The fourth-order valence-corrected chi connectivity index (χ4v) is 1.13. The van der Waals surface area contributed by atoms with E-state index >= 15 is 0 Å². The highest BCUT2D eigenvalue weighted by molar-refractivity contribution is 14.1. The van der Waals surface area contributed by atoms with E-state index in [-0.39, 0.29) is 11.0 Å².